The Kier molecular flexibility index (Phi) is 9.82. The summed E-state index contributed by atoms with van der Waals surface area (Å²) in [6.07, 6.45) is -0.696. The molecule has 0 saturated carbocycles. The number of rotatable bonds is 5. The van der Waals surface area contributed by atoms with E-state index in [0.717, 1.165) is 27.2 Å². The highest BCUT2D eigenvalue weighted by molar-refractivity contribution is 14.1. The summed E-state index contributed by atoms with van der Waals surface area (Å²) in [5.74, 6) is 0.449. The lowest BCUT2D eigenvalue weighted by Crippen LogP contribution is -2.38. The lowest BCUT2D eigenvalue weighted by Gasteiger charge is -2.27. The zero-order valence-corrected chi connectivity index (χ0v) is 26.6. The van der Waals surface area contributed by atoms with E-state index in [1.807, 2.05) is 65.2 Å². The van der Waals surface area contributed by atoms with Crippen molar-refractivity contribution in [3.8, 4) is 0 Å². The number of imidazole rings is 2. The van der Waals surface area contributed by atoms with E-state index in [-0.39, 0.29) is 24.9 Å². The number of carbonyl (C=O) groups is 3. The van der Waals surface area contributed by atoms with Gasteiger partial charge in [-0.05, 0) is 47.6 Å². The molecule has 2 aliphatic heterocycles. The third-order valence-corrected chi connectivity index (χ3v) is 8.54. The summed E-state index contributed by atoms with van der Waals surface area (Å²) >= 11 is 2.23. The number of fused-ring (bicyclic) bond motifs is 2. The van der Waals surface area contributed by atoms with Crippen LogP contribution in [0.25, 0.3) is 0 Å². The van der Waals surface area contributed by atoms with Gasteiger partial charge in [-0.3, -0.25) is 9.80 Å². The number of hydrogen-bond acceptors (Lipinski definition) is 7. The molecule has 0 aliphatic carbocycles. The summed E-state index contributed by atoms with van der Waals surface area (Å²) in [5, 5.41) is 9.12. The van der Waals surface area contributed by atoms with Crippen molar-refractivity contribution in [1.29, 1.82) is 0 Å². The number of carboxylic acid groups (broad SMARTS) is 1. The fourth-order valence-electron chi connectivity index (χ4n) is 5.06. The molecule has 6 rings (SSSR count). The molecule has 4 heterocycles. The first-order chi connectivity index (χ1) is 21.2. The van der Waals surface area contributed by atoms with Gasteiger partial charge in [0.05, 0.1) is 13.1 Å². The quantitative estimate of drug-likeness (QED) is 0.287. The number of halogens is 1. The van der Waals surface area contributed by atoms with Crippen LogP contribution < -0.4 is 0 Å². The molecule has 2 aromatic heterocycles. The fourth-order valence-corrected chi connectivity index (χ4v) is 5.63. The molecule has 0 bridgehead atoms. The van der Waals surface area contributed by atoms with Crippen LogP contribution in [0.5, 0.6) is 0 Å². The maximum atomic E-state index is 12.2. The first kappa shape index (κ1) is 31.0. The van der Waals surface area contributed by atoms with E-state index in [4.69, 9.17) is 14.6 Å². The molecule has 12 nitrogen and oxygen atoms in total. The number of benzene rings is 2. The molecule has 0 atom stereocenters. The highest BCUT2D eigenvalue weighted by Crippen LogP contribution is 2.20. The van der Waals surface area contributed by atoms with Gasteiger partial charge in [-0.25, -0.2) is 24.4 Å². The Bertz CT molecular complexity index is 1640. The van der Waals surface area contributed by atoms with Crippen molar-refractivity contribution >= 4 is 40.7 Å². The standard InChI is InChI=1S/C16H17N3O4.C15H16IN3O2/c1-11-14(15(20)21)17-13-9-18(7-8-19(11)13)16(22)23-10-12-5-3-2-4-6-12;1-11-14(16)17-13-9-18(7-8-19(11)13)15(20)21-10-12-5-3-2-4-6-12/h2-6H,7-10H2,1H3,(H,20,21);2-6H,7-10H2,1H3. The third kappa shape index (κ3) is 7.21. The van der Waals surface area contributed by atoms with Crippen LogP contribution in [-0.2, 0) is 48.9 Å². The van der Waals surface area contributed by atoms with Gasteiger partial charge in [0.1, 0.15) is 28.6 Å². The number of ether oxygens (including phenoxy) is 2. The Morgan fingerprint density at radius 3 is 1.66 bits per heavy atom. The minimum absolute atomic E-state index is 0.0412. The fraction of sp³-hybridized carbons (Fsp3) is 0.323. The van der Waals surface area contributed by atoms with Crippen molar-refractivity contribution < 1.29 is 29.0 Å². The minimum Gasteiger partial charge on any atom is -0.476 e. The predicted molar refractivity (Wildman–Crippen MR) is 168 cm³/mol. The zero-order valence-electron chi connectivity index (χ0n) is 24.5. The van der Waals surface area contributed by atoms with Crippen LogP contribution in [0.2, 0.25) is 0 Å². The number of aromatic nitrogens is 4. The van der Waals surface area contributed by atoms with Gasteiger partial charge in [-0.2, -0.15) is 0 Å². The lowest BCUT2D eigenvalue weighted by atomic mass is 10.2. The van der Waals surface area contributed by atoms with E-state index in [1.54, 1.807) is 11.8 Å². The Morgan fingerprint density at radius 1 is 0.727 bits per heavy atom. The molecule has 0 unspecified atom stereocenters. The van der Waals surface area contributed by atoms with Crippen molar-refractivity contribution in [3.63, 3.8) is 0 Å². The molecule has 230 valence electrons. The van der Waals surface area contributed by atoms with Crippen molar-refractivity contribution in [3.05, 3.63) is 104 Å². The van der Waals surface area contributed by atoms with E-state index < -0.39 is 12.1 Å². The summed E-state index contributed by atoms with van der Waals surface area (Å²) < 4.78 is 15.7. The van der Waals surface area contributed by atoms with E-state index in [1.165, 1.54) is 10.6 Å². The number of carboxylic acids is 1. The molecule has 2 aliphatic rings. The second-order valence-corrected chi connectivity index (χ2v) is 11.4. The van der Waals surface area contributed by atoms with Crippen LogP contribution in [0.15, 0.2) is 60.7 Å². The molecule has 0 spiro atoms. The zero-order chi connectivity index (χ0) is 31.2. The Hall–Kier alpha value is -4.40. The Balaban J connectivity index is 0.000000175. The molecule has 13 heteroatoms. The van der Waals surface area contributed by atoms with Gasteiger partial charge in [-0.1, -0.05) is 60.7 Å². The van der Waals surface area contributed by atoms with Gasteiger partial charge >= 0.3 is 18.2 Å². The summed E-state index contributed by atoms with van der Waals surface area (Å²) in [7, 11) is 0. The lowest BCUT2D eigenvalue weighted by molar-refractivity contribution is 0.0689. The van der Waals surface area contributed by atoms with Crippen LogP contribution in [0.1, 0.15) is 44.7 Å². The molecule has 0 radical (unpaired) electrons. The highest BCUT2D eigenvalue weighted by atomic mass is 127. The first-order valence-corrected chi connectivity index (χ1v) is 15.2. The van der Waals surface area contributed by atoms with Gasteiger partial charge in [-0.15, -0.1) is 0 Å². The van der Waals surface area contributed by atoms with Crippen molar-refractivity contribution in [2.24, 2.45) is 0 Å². The van der Waals surface area contributed by atoms with Crippen molar-refractivity contribution in [1.82, 2.24) is 28.9 Å². The molecule has 1 N–H and O–H groups in total. The molecule has 0 fully saturated rings. The minimum atomic E-state index is -1.05. The molecule has 2 amide bonds. The largest absolute Gasteiger partial charge is 0.476 e. The second-order valence-electron chi connectivity index (χ2n) is 10.4. The molecular formula is C31H33IN6O6. The van der Waals surface area contributed by atoms with Crippen LogP contribution >= 0.6 is 22.6 Å². The SMILES string of the molecule is Cc1c(C(=O)O)nc2n1CCN(C(=O)OCc1ccccc1)C2.Cc1c(I)nc2n1CCN(C(=O)OCc1ccccc1)C2. The van der Waals surface area contributed by atoms with Gasteiger partial charge in [0.25, 0.3) is 0 Å². The van der Waals surface area contributed by atoms with Crippen LogP contribution in [0.3, 0.4) is 0 Å². The smallest absolute Gasteiger partial charge is 0.410 e. The van der Waals surface area contributed by atoms with E-state index >= 15 is 0 Å². The number of nitrogens with zero attached hydrogens (tertiary/aromatic N) is 6. The van der Waals surface area contributed by atoms with Gasteiger partial charge < -0.3 is 23.7 Å². The Labute approximate surface area is 268 Å². The summed E-state index contributed by atoms with van der Waals surface area (Å²) in [4.78, 5) is 47.3. The average Bonchev–Trinajstić information content (AvgIpc) is 3.53. The number of aromatic carboxylic acids is 1. The summed E-state index contributed by atoms with van der Waals surface area (Å²) in [6.45, 7) is 7.49. The van der Waals surface area contributed by atoms with Crippen LogP contribution in [0, 0.1) is 17.5 Å². The molecule has 2 aromatic carbocycles. The summed E-state index contributed by atoms with van der Waals surface area (Å²) in [5.41, 5.74) is 3.74. The van der Waals surface area contributed by atoms with Gasteiger partial charge in [0.2, 0.25) is 0 Å². The first-order valence-electron chi connectivity index (χ1n) is 14.1. The molecular weight excluding hydrogens is 679 g/mol. The maximum Gasteiger partial charge on any atom is 0.410 e. The molecule has 4 aromatic rings. The third-order valence-electron chi connectivity index (χ3n) is 7.52. The van der Waals surface area contributed by atoms with Gasteiger partial charge in [0, 0.05) is 37.6 Å². The molecule has 44 heavy (non-hydrogen) atoms. The second kappa shape index (κ2) is 13.9. The van der Waals surface area contributed by atoms with E-state index in [9.17, 15) is 14.4 Å². The van der Waals surface area contributed by atoms with E-state index in [2.05, 4.69) is 44.0 Å². The normalized spacial score (nSPS) is 13.7. The van der Waals surface area contributed by atoms with Crippen molar-refractivity contribution in [2.45, 2.75) is 53.2 Å². The highest BCUT2D eigenvalue weighted by Gasteiger charge is 2.28. The number of hydrogen-bond donors (Lipinski definition) is 1. The number of amides is 2. The van der Waals surface area contributed by atoms with Crippen molar-refractivity contribution in [2.75, 3.05) is 13.1 Å². The molecule has 0 saturated heterocycles. The van der Waals surface area contributed by atoms with Crippen LogP contribution in [0.4, 0.5) is 9.59 Å². The predicted octanol–water partition coefficient (Wildman–Crippen LogP) is 4.99. The van der Waals surface area contributed by atoms with Gasteiger partial charge in [0.15, 0.2) is 5.69 Å². The van der Waals surface area contributed by atoms with Crippen LogP contribution in [-0.4, -0.2) is 65.3 Å². The number of carbonyl (C=O) groups excluding carboxylic acids is 2. The Morgan fingerprint density at radius 2 is 1.18 bits per heavy atom. The monoisotopic (exact) mass is 712 g/mol. The van der Waals surface area contributed by atoms with E-state index in [0.29, 0.717) is 44.3 Å². The summed E-state index contributed by atoms with van der Waals surface area (Å²) in [6, 6.07) is 19.2. The maximum absolute atomic E-state index is 12.2. The topological polar surface area (TPSA) is 132 Å². The average molecular weight is 713 g/mol.